The van der Waals surface area contributed by atoms with Gasteiger partial charge in [0.1, 0.15) is 0 Å². The van der Waals surface area contributed by atoms with Crippen molar-refractivity contribution in [3.8, 4) is 0 Å². The summed E-state index contributed by atoms with van der Waals surface area (Å²) in [6.07, 6.45) is 2.02. The molecule has 0 spiro atoms. The first kappa shape index (κ1) is 13.4. The lowest BCUT2D eigenvalue weighted by Gasteiger charge is -2.06. The third kappa shape index (κ3) is 6.76. The van der Waals surface area contributed by atoms with E-state index in [1.165, 1.54) is 12.8 Å². The quantitative estimate of drug-likeness (QED) is 0.554. The minimum atomic E-state index is -3.47. The number of hydrogen-bond donors (Lipinski definition) is 2. The summed E-state index contributed by atoms with van der Waals surface area (Å²) < 4.78 is 30.0. The first-order valence-electron chi connectivity index (χ1n) is 5.26. The number of aliphatic carboxylic acids is 1. The molecule has 1 aliphatic rings. The van der Waals surface area contributed by atoms with E-state index in [0.29, 0.717) is 19.1 Å². The molecule has 1 saturated carbocycles. The van der Waals surface area contributed by atoms with Gasteiger partial charge in [0.2, 0.25) is 10.0 Å². The van der Waals surface area contributed by atoms with Gasteiger partial charge in [-0.15, -0.1) is 0 Å². The Bertz CT molecular complexity index is 323. The molecule has 1 fully saturated rings. The summed E-state index contributed by atoms with van der Waals surface area (Å²) in [5, 5.41) is 8.34. The molecule has 0 heterocycles. The van der Waals surface area contributed by atoms with Crippen LogP contribution in [0.4, 0.5) is 0 Å². The fraction of sp³-hybridized carbons (Fsp3) is 0.889. The molecule has 16 heavy (non-hydrogen) atoms. The highest BCUT2D eigenvalue weighted by molar-refractivity contribution is 7.89. The van der Waals surface area contributed by atoms with Crippen LogP contribution in [0, 0.1) is 5.92 Å². The molecule has 0 unspecified atom stereocenters. The highest BCUT2D eigenvalue weighted by Gasteiger charge is 2.21. The normalized spacial score (nSPS) is 16.2. The third-order valence-corrected chi connectivity index (χ3v) is 3.59. The molecule has 0 aliphatic heterocycles. The summed E-state index contributed by atoms with van der Waals surface area (Å²) in [6, 6.07) is 0. The maximum absolute atomic E-state index is 11.2. The van der Waals surface area contributed by atoms with Gasteiger partial charge in [-0.05, 0) is 18.8 Å². The van der Waals surface area contributed by atoms with Crippen LogP contribution >= 0.6 is 0 Å². The summed E-state index contributed by atoms with van der Waals surface area (Å²) in [5.74, 6) is -0.843. The van der Waals surface area contributed by atoms with Crippen LogP contribution < -0.4 is 4.72 Å². The van der Waals surface area contributed by atoms with Gasteiger partial charge >= 0.3 is 5.97 Å². The van der Waals surface area contributed by atoms with Crippen molar-refractivity contribution >= 4 is 16.0 Å². The Hall–Kier alpha value is -0.660. The Balaban J connectivity index is 2.02. The van der Waals surface area contributed by atoms with Crippen molar-refractivity contribution in [2.75, 3.05) is 25.5 Å². The Morgan fingerprint density at radius 3 is 2.69 bits per heavy atom. The Labute approximate surface area is 95.0 Å². The van der Waals surface area contributed by atoms with E-state index in [1.54, 1.807) is 0 Å². The van der Waals surface area contributed by atoms with Crippen molar-refractivity contribution in [3.63, 3.8) is 0 Å². The zero-order valence-electron chi connectivity index (χ0n) is 9.02. The standard InChI is InChI=1S/C9H17NO5S/c11-9(12)3-6-16(13,14)10-4-5-15-7-8-1-2-8/h8,10H,1-7H2,(H,11,12). The van der Waals surface area contributed by atoms with E-state index in [-0.39, 0.29) is 18.7 Å². The lowest BCUT2D eigenvalue weighted by atomic mass is 10.5. The zero-order chi connectivity index (χ0) is 12.0. The van der Waals surface area contributed by atoms with Gasteiger partial charge in [0.15, 0.2) is 0 Å². The van der Waals surface area contributed by atoms with E-state index < -0.39 is 16.0 Å². The van der Waals surface area contributed by atoms with Crippen LogP contribution in [0.5, 0.6) is 0 Å². The molecule has 1 rings (SSSR count). The summed E-state index contributed by atoms with van der Waals surface area (Å²) in [7, 11) is -3.47. The zero-order valence-corrected chi connectivity index (χ0v) is 9.83. The molecule has 0 aromatic rings. The van der Waals surface area contributed by atoms with Gasteiger partial charge in [0.05, 0.1) is 18.8 Å². The molecular formula is C9H17NO5S. The third-order valence-electron chi connectivity index (χ3n) is 2.20. The minimum Gasteiger partial charge on any atom is -0.481 e. The first-order chi connectivity index (χ1) is 7.49. The number of carboxylic acids is 1. The van der Waals surface area contributed by atoms with Gasteiger partial charge in [0, 0.05) is 13.2 Å². The van der Waals surface area contributed by atoms with Crippen molar-refractivity contribution in [1.82, 2.24) is 4.72 Å². The van der Waals surface area contributed by atoms with Crippen molar-refractivity contribution in [3.05, 3.63) is 0 Å². The molecule has 0 amide bonds. The van der Waals surface area contributed by atoms with E-state index in [9.17, 15) is 13.2 Å². The van der Waals surface area contributed by atoms with Crippen LogP contribution in [-0.2, 0) is 19.6 Å². The van der Waals surface area contributed by atoms with Crippen LogP contribution in [0.3, 0.4) is 0 Å². The fourth-order valence-corrected chi connectivity index (χ4v) is 2.08. The molecule has 6 nitrogen and oxygen atoms in total. The molecule has 0 saturated heterocycles. The molecule has 1 aliphatic carbocycles. The van der Waals surface area contributed by atoms with E-state index in [4.69, 9.17) is 9.84 Å². The molecule has 2 N–H and O–H groups in total. The number of nitrogens with one attached hydrogen (secondary N) is 1. The van der Waals surface area contributed by atoms with E-state index >= 15 is 0 Å². The second-order valence-electron chi connectivity index (χ2n) is 3.88. The molecule has 0 radical (unpaired) electrons. The van der Waals surface area contributed by atoms with Crippen LogP contribution in [0.1, 0.15) is 19.3 Å². The molecule has 7 heteroatoms. The van der Waals surface area contributed by atoms with Gasteiger partial charge in [-0.1, -0.05) is 0 Å². The number of sulfonamides is 1. The molecule has 94 valence electrons. The Morgan fingerprint density at radius 1 is 1.44 bits per heavy atom. The van der Waals surface area contributed by atoms with Crippen LogP contribution in [0.2, 0.25) is 0 Å². The second kappa shape index (κ2) is 6.17. The maximum atomic E-state index is 11.2. The van der Waals surface area contributed by atoms with E-state index in [2.05, 4.69) is 4.72 Å². The predicted molar refractivity (Wildman–Crippen MR) is 57.6 cm³/mol. The largest absolute Gasteiger partial charge is 0.481 e. The first-order valence-corrected chi connectivity index (χ1v) is 6.92. The molecule has 0 bridgehead atoms. The topological polar surface area (TPSA) is 92.7 Å². The molecular weight excluding hydrogens is 234 g/mol. The summed E-state index contributed by atoms with van der Waals surface area (Å²) in [6.45, 7) is 1.23. The molecule has 0 atom stereocenters. The highest BCUT2D eigenvalue weighted by Crippen LogP contribution is 2.28. The summed E-state index contributed by atoms with van der Waals surface area (Å²) >= 11 is 0. The van der Waals surface area contributed by atoms with Gasteiger partial charge < -0.3 is 9.84 Å². The average Bonchev–Trinajstić information content (AvgIpc) is 2.98. The molecule has 0 aromatic carbocycles. The van der Waals surface area contributed by atoms with Crippen molar-refractivity contribution < 1.29 is 23.1 Å². The number of ether oxygens (including phenoxy) is 1. The summed E-state index contributed by atoms with van der Waals surface area (Å²) in [5.41, 5.74) is 0. The summed E-state index contributed by atoms with van der Waals surface area (Å²) in [4.78, 5) is 10.2. The number of rotatable bonds is 9. The van der Waals surface area contributed by atoms with Crippen molar-refractivity contribution in [2.24, 2.45) is 5.92 Å². The fourth-order valence-electron chi connectivity index (χ4n) is 1.10. The number of carboxylic acid groups (broad SMARTS) is 1. The lowest BCUT2D eigenvalue weighted by Crippen LogP contribution is -2.30. The number of carbonyl (C=O) groups is 1. The van der Waals surface area contributed by atoms with Crippen molar-refractivity contribution in [1.29, 1.82) is 0 Å². The SMILES string of the molecule is O=C(O)CCS(=O)(=O)NCCOCC1CC1. The van der Waals surface area contributed by atoms with Gasteiger partial charge in [-0.2, -0.15) is 0 Å². The van der Waals surface area contributed by atoms with Crippen molar-refractivity contribution in [2.45, 2.75) is 19.3 Å². The van der Waals surface area contributed by atoms with Gasteiger partial charge in [-0.3, -0.25) is 4.79 Å². The minimum absolute atomic E-state index is 0.203. The number of hydrogen-bond acceptors (Lipinski definition) is 4. The van der Waals surface area contributed by atoms with Crippen LogP contribution in [0.25, 0.3) is 0 Å². The lowest BCUT2D eigenvalue weighted by molar-refractivity contribution is -0.136. The maximum Gasteiger partial charge on any atom is 0.304 e. The smallest absolute Gasteiger partial charge is 0.304 e. The average molecular weight is 251 g/mol. The predicted octanol–water partition coefficient (Wildman–Crippen LogP) is -0.193. The van der Waals surface area contributed by atoms with Crippen LogP contribution in [0.15, 0.2) is 0 Å². The van der Waals surface area contributed by atoms with Gasteiger partial charge in [-0.25, -0.2) is 13.1 Å². The second-order valence-corrected chi connectivity index (χ2v) is 5.80. The Kier molecular flexibility index (Phi) is 5.17. The van der Waals surface area contributed by atoms with Gasteiger partial charge in [0.25, 0.3) is 0 Å². The van der Waals surface area contributed by atoms with Crippen LogP contribution in [-0.4, -0.2) is 45.0 Å². The van der Waals surface area contributed by atoms with E-state index in [1.807, 2.05) is 0 Å². The van der Waals surface area contributed by atoms with E-state index in [0.717, 1.165) is 0 Å². The Morgan fingerprint density at radius 2 is 2.12 bits per heavy atom. The highest BCUT2D eigenvalue weighted by atomic mass is 32.2. The monoisotopic (exact) mass is 251 g/mol. The molecule has 0 aromatic heterocycles.